The molecule has 0 bridgehead atoms. The highest BCUT2D eigenvalue weighted by Gasteiger charge is 2.44. The SMILES string of the molecule is CCOCC1(CN2CCC(CN3CCC(C(C)C)CC3)CC2)CC1. The lowest BCUT2D eigenvalue weighted by molar-refractivity contribution is 0.0611. The molecule has 3 heteroatoms. The quantitative estimate of drug-likeness (QED) is 0.669. The van der Waals surface area contributed by atoms with Crippen LogP contribution in [0.3, 0.4) is 0 Å². The number of rotatable bonds is 8. The van der Waals surface area contributed by atoms with E-state index in [0.29, 0.717) is 5.41 Å². The molecule has 0 amide bonds. The standard InChI is InChI=1S/C21H40N2O/c1-4-24-17-21(9-10-21)16-23-11-5-19(6-12-23)15-22-13-7-20(8-14-22)18(2)3/h18-20H,4-17H2,1-3H3. The first-order chi connectivity index (χ1) is 11.6. The molecule has 0 aromatic rings. The molecule has 0 aromatic carbocycles. The van der Waals surface area contributed by atoms with E-state index >= 15 is 0 Å². The van der Waals surface area contributed by atoms with Gasteiger partial charge in [0.1, 0.15) is 0 Å². The molecule has 2 saturated heterocycles. The molecule has 0 radical (unpaired) electrons. The van der Waals surface area contributed by atoms with E-state index in [2.05, 4.69) is 30.6 Å². The van der Waals surface area contributed by atoms with Crippen LogP contribution in [0.5, 0.6) is 0 Å². The average Bonchev–Trinajstić information content (AvgIpc) is 3.35. The summed E-state index contributed by atoms with van der Waals surface area (Å²) in [5.41, 5.74) is 0.529. The summed E-state index contributed by atoms with van der Waals surface area (Å²) in [6.07, 6.45) is 8.45. The highest BCUT2D eigenvalue weighted by Crippen LogP contribution is 2.46. The Hall–Kier alpha value is -0.120. The molecule has 0 N–H and O–H groups in total. The van der Waals surface area contributed by atoms with Gasteiger partial charge in [0.25, 0.3) is 0 Å². The maximum absolute atomic E-state index is 5.72. The molecular weight excluding hydrogens is 296 g/mol. The van der Waals surface area contributed by atoms with Crippen molar-refractivity contribution in [2.24, 2.45) is 23.2 Å². The molecule has 3 fully saturated rings. The van der Waals surface area contributed by atoms with Gasteiger partial charge >= 0.3 is 0 Å². The maximum atomic E-state index is 5.72. The number of ether oxygens (including phenoxy) is 1. The molecule has 2 heterocycles. The van der Waals surface area contributed by atoms with Crippen molar-refractivity contribution >= 4 is 0 Å². The largest absolute Gasteiger partial charge is 0.381 e. The normalized spacial score (nSPS) is 27.0. The minimum absolute atomic E-state index is 0.529. The summed E-state index contributed by atoms with van der Waals surface area (Å²) < 4.78 is 5.72. The number of nitrogens with zero attached hydrogens (tertiary/aromatic N) is 2. The van der Waals surface area contributed by atoms with E-state index in [-0.39, 0.29) is 0 Å². The second kappa shape index (κ2) is 8.51. The Labute approximate surface area is 150 Å². The number of likely N-dealkylation sites (tertiary alicyclic amines) is 2. The molecule has 0 unspecified atom stereocenters. The Morgan fingerprint density at radius 2 is 1.58 bits per heavy atom. The predicted molar refractivity (Wildman–Crippen MR) is 101 cm³/mol. The Morgan fingerprint density at radius 1 is 0.958 bits per heavy atom. The first-order valence-corrected chi connectivity index (χ1v) is 10.6. The third-order valence-electron chi connectivity index (χ3n) is 6.93. The van der Waals surface area contributed by atoms with Gasteiger partial charge in [0.2, 0.25) is 0 Å². The fourth-order valence-corrected chi connectivity index (χ4v) is 4.81. The van der Waals surface area contributed by atoms with Crippen molar-refractivity contribution in [1.29, 1.82) is 0 Å². The monoisotopic (exact) mass is 336 g/mol. The van der Waals surface area contributed by atoms with Crippen molar-refractivity contribution < 1.29 is 4.74 Å². The third-order valence-corrected chi connectivity index (χ3v) is 6.93. The summed E-state index contributed by atoms with van der Waals surface area (Å²) in [4.78, 5) is 5.49. The van der Waals surface area contributed by atoms with Crippen LogP contribution >= 0.6 is 0 Å². The molecule has 3 rings (SSSR count). The van der Waals surface area contributed by atoms with Gasteiger partial charge in [-0.25, -0.2) is 0 Å². The Kier molecular flexibility index (Phi) is 6.62. The van der Waals surface area contributed by atoms with Crippen molar-refractivity contribution in [2.75, 3.05) is 52.5 Å². The van der Waals surface area contributed by atoms with Gasteiger partial charge in [0.15, 0.2) is 0 Å². The zero-order valence-corrected chi connectivity index (χ0v) is 16.4. The summed E-state index contributed by atoms with van der Waals surface area (Å²) in [5, 5.41) is 0. The Bertz CT molecular complexity index is 364. The highest BCUT2D eigenvalue weighted by molar-refractivity contribution is 4.96. The summed E-state index contributed by atoms with van der Waals surface area (Å²) >= 11 is 0. The van der Waals surface area contributed by atoms with Crippen LogP contribution in [0.4, 0.5) is 0 Å². The molecule has 24 heavy (non-hydrogen) atoms. The molecule has 0 aromatic heterocycles. The number of hydrogen-bond acceptors (Lipinski definition) is 3. The van der Waals surface area contributed by atoms with Crippen molar-refractivity contribution in [3.05, 3.63) is 0 Å². The zero-order chi connectivity index (χ0) is 17.0. The second-order valence-corrected chi connectivity index (χ2v) is 9.24. The second-order valence-electron chi connectivity index (χ2n) is 9.24. The first-order valence-electron chi connectivity index (χ1n) is 10.6. The Balaban J connectivity index is 1.33. The van der Waals surface area contributed by atoms with E-state index < -0.39 is 0 Å². The molecular formula is C21H40N2O. The van der Waals surface area contributed by atoms with Crippen LogP contribution in [0.25, 0.3) is 0 Å². The lowest BCUT2D eigenvalue weighted by Crippen LogP contribution is -2.43. The van der Waals surface area contributed by atoms with E-state index in [0.717, 1.165) is 31.0 Å². The smallest absolute Gasteiger partial charge is 0.0534 e. The zero-order valence-electron chi connectivity index (χ0n) is 16.4. The minimum Gasteiger partial charge on any atom is -0.381 e. The van der Waals surface area contributed by atoms with Crippen LogP contribution in [0.2, 0.25) is 0 Å². The van der Waals surface area contributed by atoms with Crippen LogP contribution < -0.4 is 0 Å². The summed E-state index contributed by atoms with van der Waals surface area (Å²) in [6, 6.07) is 0. The average molecular weight is 337 g/mol. The number of hydrogen-bond donors (Lipinski definition) is 0. The highest BCUT2D eigenvalue weighted by atomic mass is 16.5. The van der Waals surface area contributed by atoms with Gasteiger partial charge in [-0.3, -0.25) is 0 Å². The summed E-state index contributed by atoms with van der Waals surface area (Å²) in [6.45, 7) is 16.8. The van der Waals surface area contributed by atoms with Gasteiger partial charge in [-0.1, -0.05) is 13.8 Å². The van der Waals surface area contributed by atoms with Crippen LogP contribution in [0.1, 0.15) is 59.3 Å². The maximum Gasteiger partial charge on any atom is 0.0534 e. The molecule has 3 aliphatic rings. The molecule has 0 atom stereocenters. The topological polar surface area (TPSA) is 15.7 Å². The van der Waals surface area contributed by atoms with Crippen LogP contribution in [0.15, 0.2) is 0 Å². The van der Waals surface area contributed by atoms with Gasteiger partial charge < -0.3 is 14.5 Å². The predicted octanol–water partition coefficient (Wildman–Crippen LogP) is 3.88. The molecule has 2 aliphatic heterocycles. The van der Waals surface area contributed by atoms with Crippen molar-refractivity contribution in [2.45, 2.75) is 59.3 Å². The lowest BCUT2D eigenvalue weighted by atomic mass is 9.86. The van der Waals surface area contributed by atoms with E-state index in [1.165, 1.54) is 77.8 Å². The van der Waals surface area contributed by atoms with Gasteiger partial charge in [0, 0.05) is 25.1 Å². The fraction of sp³-hybridized carbons (Fsp3) is 1.00. The van der Waals surface area contributed by atoms with Gasteiger partial charge in [-0.2, -0.15) is 0 Å². The molecule has 1 aliphatic carbocycles. The van der Waals surface area contributed by atoms with Crippen molar-refractivity contribution in [3.8, 4) is 0 Å². The fourth-order valence-electron chi connectivity index (χ4n) is 4.81. The minimum atomic E-state index is 0.529. The molecule has 3 nitrogen and oxygen atoms in total. The first kappa shape index (κ1) is 18.7. The van der Waals surface area contributed by atoms with E-state index in [9.17, 15) is 0 Å². The lowest BCUT2D eigenvalue weighted by Gasteiger charge is -2.39. The van der Waals surface area contributed by atoms with Gasteiger partial charge in [-0.15, -0.1) is 0 Å². The van der Waals surface area contributed by atoms with Crippen molar-refractivity contribution in [3.63, 3.8) is 0 Å². The molecule has 1 saturated carbocycles. The number of piperidine rings is 2. The van der Waals surface area contributed by atoms with Gasteiger partial charge in [-0.05, 0) is 89.4 Å². The van der Waals surface area contributed by atoms with Crippen LogP contribution in [0, 0.1) is 23.2 Å². The summed E-state index contributed by atoms with van der Waals surface area (Å²) in [7, 11) is 0. The van der Waals surface area contributed by atoms with Gasteiger partial charge in [0.05, 0.1) is 6.61 Å². The van der Waals surface area contributed by atoms with E-state index in [1.807, 2.05) is 0 Å². The molecule has 0 spiro atoms. The Morgan fingerprint density at radius 3 is 2.12 bits per heavy atom. The van der Waals surface area contributed by atoms with Crippen LogP contribution in [-0.2, 0) is 4.74 Å². The van der Waals surface area contributed by atoms with E-state index in [4.69, 9.17) is 4.74 Å². The third kappa shape index (κ3) is 5.19. The van der Waals surface area contributed by atoms with E-state index in [1.54, 1.807) is 0 Å². The van der Waals surface area contributed by atoms with Crippen LogP contribution in [-0.4, -0.2) is 62.3 Å². The summed E-state index contributed by atoms with van der Waals surface area (Å²) in [5.74, 6) is 2.80. The molecule has 140 valence electrons. The van der Waals surface area contributed by atoms with Crippen molar-refractivity contribution in [1.82, 2.24) is 9.80 Å².